The molecule has 5 heteroatoms. The van der Waals surface area contributed by atoms with E-state index >= 15 is 0 Å². The summed E-state index contributed by atoms with van der Waals surface area (Å²) in [6.45, 7) is 0.486. The molecule has 3 aromatic carbocycles. The van der Waals surface area contributed by atoms with E-state index < -0.39 is 0 Å². The fourth-order valence-corrected chi connectivity index (χ4v) is 5.09. The van der Waals surface area contributed by atoms with E-state index in [2.05, 4.69) is 52.0 Å². The van der Waals surface area contributed by atoms with Gasteiger partial charge in [-0.05, 0) is 54.2 Å². The average molecular weight is 450 g/mol. The lowest BCUT2D eigenvalue weighted by atomic mass is 10.0. The zero-order valence-corrected chi connectivity index (χ0v) is 18.9. The molecule has 1 aliphatic carbocycles. The van der Waals surface area contributed by atoms with Crippen molar-refractivity contribution in [2.75, 3.05) is 0 Å². The molecule has 5 nitrogen and oxygen atoms in total. The summed E-state index contributed by atoms with van der Waals surface area (Å²) in [7, 11) is 0. The molecule has 1 amide bonds. The van der Waals surface area contributed by atoms with E-state index in [-0.39, 0.29) is 18.0 Å². The highest BCUT2D eigenvalue weighted by atomic mass is 16.3. The first-order valence-corrected chi connectivity index (χ1v) is 11.9. The van der Waals surface area contributed by atoms with Crippen LogP contribution in [0.3, 0.4) is 0 Å². The standard InChI is InChI=1S/C29H27N3O2/c33-29(32-23-13-19-7-1-2-8-20(19)14-23)27(16-22-17-30-26-11-5-4-10-25(22)26)31-18-24-15-21-9-3-6-12-28(21)34-24/h1-12,15,17,23,27,30-31H,13-14,16,18H2,(H,32,33). The molecule has 0 spiro atoms. The lowest BCUT2D eigenvalue weighted by Gasteiger charge is -2.21. The molecule has 0 aliphatic heterocycles. The predicted molar refractivity (Wildman–Crippen MR) is 135 cm³/mol. The number of aromatic amines is 1. The van der Waals surface area contributed by atoms with Crippen LogP contribution in [0.5, 0.6) is 0 Å². The smallest absolute Gasteiger partial charge is 0.237 e. The molecular weight excluding hydrogens is 422 g/mol. The minimum atomic E-state index is -0.379. The van der Waals surface area contributed by atoms with Gasteiger partial charge in [-0.1, -0.05) is 60.7 Å². The van der Waals surface area contributed by atoms with E-state index in [9.17, 15) is 4.79 Å². The van der Waals surface area contributed by atoms with Crippen LogP contribution in [0, 0.1) is 0 Å². The van der Waals surface area contributed by atoms with Gasteiger partial charge in [0.05, 0.1) is 12.6 Å². The molecule has 2 aromatic heterocycles. The van der Waals surface area contributed by atoms with Gasteiger partial charge in [0.2, 0.25) is 5.91 Å². The first kappa shape index (κ1) is 20.8. The Morgan fingerprint density at radius 3 is 2.53 bits per heavy atom. The summed E-state index contributed by atoms with van der Waals surface area (Å²) in [5.41, 5.74) is 5.73. The maximum atomic E-state index is 13.5. The SMILES string of the molecule is O=C(NC1Cc2ccccc2C1)C(Cc1c[nH]c2ccccc12)NCc1cc2ccccc2o1. The maximum absolute atomic E-state index is 13.5. The number of nitrogens with one attached hydrogen (secondary N) is 3. The average Bonchev–Trinajstić information content (AvgIpc) is 3.57. The van der Waals surface area contributed by atoms with Gasteiger partial charge in [0.15, 0.2) is 0 Å². The second kappa shape index (κ2) is 8.84. The summed E-state index contributed by atoms with van der Waals surface area (Å²) in [5.74, 6) is 0.852. The topological polar surface area (TPSA) is 70.1 Å². The summed E-state index contributed by atoms with van der Waals surface area (Å²) >= 11 is 0. The quantitative estimate of drug-likeness (QED) is 0.331. The summed E-state index contributed by atoms with van der Waals surface area (Å²) in [5, 5.41) is 9.00. The van der Waals surface area contributed by atoms with E-state index in [0.29, 0.717) is 13.0 Å². The molecule has 170 valence electrons. The summed E-state index contributed by atoms with van der Waals surface area (Å²) in [6, 6.07) is 26.4. The third-order valence-electron chi connectivity index (χ3n) is 6.81. The molecule has 5 aromatic rings. The minimum absolute atomic E-state index is 0.0270. The van der Waals surface area contributed by atoms with E-state index in [4.69, 9.17) is 4.42 Å². The Kier molecular flexibility index (Phi) is 5.40. The molecule has 0 bridgehead atoms. The van der Waals surface area contributed by atoms with Crippen LogP contribution in [0.2, 0.25) is 0 Å². The molecule has 2 heterocycles. The number of carbonyl (C=O) groups is 1. The summed E-state index contributed by atoms with van der Waals surface area (Å²) in [4.78, 5) is 16.8. The zero-order chi connectivity index (χ0) is 22.9. The highest BCUT2D eigenvalue weighted by molar-refractivity contribution is 5.86. The number of carbonyl (C=O) groups excluding carboxylic acids is 1. The van der Waals surface area contributed by atoms with Gasteiger partial charge < -0.3 is 14.7 Å². The molecule has 3 N–H and O–H groups in total. The third kappa shape index (κ3) is 4.11. The normalized spacial score (nSPS) is 14.5. The van der Waals surface area contributed by atoms with Crippen LogP contribution in [-0.2, 0) is 30.6 Å². The van der Waals surface area contributed by atoms with Gasteiger partial charge in [-0.25, -0.2) is 0 Å². The number of aromatic nitrogens is 1. The van der Waals surface area contributed by atoms with Crippen molar-refractivity contribution in [2.45, 2.75) is 37.9 Å². The number of H-pyrrole nitrogens is 1. The lowest BCUT2D eigenvalue weighted by Crippen LogP contribution is -2.49. The fraction of sp³-hybridized carbons (Fsp3) is 0.207. The first-order valence-electron chi connectivity index (χ1n) is 11.9. The van der Waals surface area contributed by atoms with Crippen molar-refractivity contribution in [1.82, 2.24) is 15.6 Å². The zero-order valence-electron chi connectivity index (χ0n) is 18.9. The van der Waals surface area contributed by atoms with Gasteiger partial charge in [0, 0.05) is 28.5 Å². The second-order valence-corrected chi connectivity index (χ2v) is 9.13. The number of hydrogen-bond donors (Lipinski definition) is 3. The Morgan fingerprint density at radius 2 is 1.71 bits per heavy atom. The maximum Gasteiger partial charge on any atom is 0.237 e. The van der Waals surface area contributed by atoms with Gasteiger partial charge in [0.1, 0.15) is 11.3 Å². The molecule has 0 radical (unpaired) electrons. The van der Waals surface area contributed by atoms with Crippen molar-refractivity contribution >= 4 is 27.8 Å². The Balaban J connectivity index is 1.21. The number of furan rings is 1. The summed E-state index contributed by atoms with van der Waals surface area (Å²) < 4.78 is 5.98. The molecular formula is C29H27N3O2. The van der Waals surface area contributed by atoms with Gasteiger partial charge in [-0.2, -0.15) is 0 Å². The second-order valence-electron chi connectivity index (χ2n) is 9.13. The predicted octanol–water partition coefficient (Wildman–Crippen LogP) is 4.90. The van der Waals surface area contributed by atoms with Crippen molar-refractivity contribution < 1.29 is 9.21 Å². The summed E-state index contributed by atoms with van der Waals surface area (Å²) in [6.07, 6.45) is 4.37. The number of hydrogen-bond acceptors (Lipinski definition) is 3. The number of rotatable bonds is 7. The molecule has 0 fully saturated rings. The highest BCUT2D eigenvalue weighted by Gasteiger charge is 2.27. The van der Waals surface area contributed by atoms with E-state index in [0.717, 1.165) is 46.0 Å². The largest absolute Gasteiger partial charge is 0.460 e. The van der Waals surface area contributed by atoms with Crippen LogP contribution < -0.4 is 10.6 Å². The number of para-hydroxylation sites is 2. The number of fused-ring (bicyclic) bond motifs is 3. The Labute approximate surface area is 198 Å². The van der Waals surface area contributed by atoms with Gasteiger partial charge in [-0.3, -0.25) is 10.1 Å². The van der Waals surface area contributed by atoms with Crippen LogP contribution in [0.15, 0.2) is 89.5 Å². The van der Waals surface area contributed by atoms with Gasteiger partial charge >= 0.3 is 0 Å². The fourth-order valence-electron chi connectivity index (χ4n) is 5.09. The van der Waals surface area contributed by atoms with Crippen molar-refractivity contribution in [3.05, 3.63) is 108 Å². The monoisotopic (exact) mass is 449 g/mol. The van der Waals surface area contributed by atoms with Crippen molar-refractivity contribution in [3.63, 3.8) is 0 Å². The Bertz CT molecular complexity index is 1410. The van der Waals surface area contributed by atoms with Crippen LogP contribution in [0.25, 0.3) is 21.9 Å². The molecule has 1 unspecified atom stereocenters. The van der Waals surface area contributed by atoms with Gasteiger partial charge in [0.25, 0.3) is 0 Å². The number of benzene rings is 3. The Morgan fingerprint density at radius 1 is 0.971 bits per heavy atom. The molecule has 0 saturated heterocycles. The van der Waals surface area contributed by atoms with Crippen LogP contribution in [-0.4, -0.2) is 23.0 Å². The molecule has 0 saturated carbocycles. The van der Waals surface area contributed by atoms with Crippen molar-refractivity contribution in [3.8, 4) is 0 Å². The van der Waals surface area contributed by atoms with E-state index in [1.807, 2.05) is 48.7 Å². The van der Waals surface area contributed by atoms with E-state index in [1.165, 1.54) is 11.1 Å². The van der Waals surface area contributed by atoms with Crippen LogP contribution in [0.1, 0.15) is 22.5 Å². The Hall–Kier alpha value is -3.83. The minimum Gasteiger partial charge on any atom is -0.460 e. The van der Waals surface area contributed by atoms with Crippen molar-refractivity contribution in [2.24, 2.45) is 0 Å². The lowest BCUT2D eigenvalue weighted by molar-refractivity contribution is -0.123. The number of amides is 1. The molecule has 6 rings (SSSR count). The molecule has 1 aliphatic rings. The third-order valence-corrected chi connectivity index (χ3v) is 6.81. The highest BCUT2D eigenvalue weighted by Crippen LogP contribution is 2.23. The first-order chi connectivity index (χ1) is 16.7. The molecule has 1 atom stereocenters. The van der Waals surface area contributed by atoms with Crippen LogP contribution in [0.4, 0.5) is 0 Å². The van der Waals surface area contributed by atoms with Crippen molar-refractivity contribution in [1.29, 1.82) is 0 Å². The van der Waals surface area contributed by atoms with Crippen LogP contribution >= 0.6 is 0 Å². The van der Waals surface area contributed by atoms with Gasteiger partial charge in [-0.15, -0.1) is 0 Å². The van der Waals surface area contributed by atoms with E-state index in [1.54, 1.807) is 0 Å². The molecule has 34 heavy (non-hydrogen) atoms.